The van der Waals surface area contributed by atoms with Crippen LogP contribution in [0.15, 0.2) is 41.0 Å². The molecule has 0 unspecified atom stereocenters. The van der Waals surface area contributed by atoms with Crippen molar-refractivity contribution in [3.63, 3.8) is 0 Å². The number of nitriles is 1. The van der Waals surface area contributed by atoms with E-state index in [1.807, 2.05) is 38.1 Å². The number of benzene rings is 1. The van der Waals surface area contributed by atoms with Gasteiger partial charge in [-0.3, -0.25) is 0 Å². The lowest BCUT2D eigenvalue weighted by Gasteiger charge is -2.27. The average Bonchev–Trinajstić information content (AvgIpc) is 2.61. The van der Waals surface area contributed by atoms with Gasteiger partial charge in [0.15, 0.2) is 0 Å². The summed E-state index contributed by atoms with van der Waals surface area (Å²) in [5, 5.41) is 10.7. The first-order valence-corrected chi connectivity index (χ1v) is 8.60. The van der Waals surface area contributed by atoms with Crippen molar-refractivity contribution in [2.75, 3.05) is 7.11 Å². The van der Waals surface area contributed by atoms with Crippen LogP contribution in [-0.4, -0.2) is 18.1 Å². The minimum absolute atomic E-state index is 0.0658. The molecule has 6 nitrogen and oxygen atoms in total. The average molecular weight is 384 g/mol. The molecule has 0 bridgehead atoms. The second-order valence-corrected chi connectivity index (χ2v) is 6.74. The fourth-order valence-electron chi connectivity index (χ4n) is 3.20. The number of aryl methyl sites for hydroxylation is 2. The molecule has 27 heavy (non-hydrogen) atoms. The van der Waals surface area contributed by atoms with Gasteiger partial charge < -0.3 is 15.2 Å². The van der Waals surface area contributed by atoms with Crippen molar-refractivity contribution in [3.05, 3.63) is 62.8 Å². The van der Waals surface area contributed by atoms with Crippen LogP contribution in [0.1, 0.15) is 29.5 Å². The highest BCUT2D eigenvalue weighted by molar-refractivity contribution is 6.30. The lowest BCUT2D eigenvalue weighted by molar-refractivity contribution is -0.136. The smallest absolute Gasteiger partial charge is 0.338 e. The van der Waals surface area contributed by atoms with E-state index in [4.69, 9.17) is 26.8 Å². The van der Waals surface area contributed by atoms with Gasteiger partial charge in [0, 0.05) is 10.9 Å². The van der Waals surface area contributed by atoms with Crippen molar-refractivity contribution in [1.29, 1.82) is 5.26 Å². The number of carbonyl (C=O) groups is 1. The Morgan fingerprint density at radius 2 is 1.96 bits per heavy atom. The van der Waals surface area contributed by atoms with E-state index in [2.05, 4.69) is 4.98 Å². The zero-order valence-electron chi connectivity index (χ0n) is 15.4. The number of pyridine rings is 1. The predicted octanol–water partition coefficient (Wildman–Crippen LogP) is 3.76. The standard InChI is InChI=1S/C20H18ClN3O3/c1-9-5-12-7-13(18(21)24-15(12)6-10(9)2)17-14(8-22)19(23)27-11(3)16(17)20(25)26-4/h5-7,17H,23H2,1-4H3/t17-/m0/s1. The van der Waals surface area contributed by atoms with E-state index in [1.54, 1.807) is 6.92 Å². The van der Waals surface area contributed by atoms with E-state index in [1.165, 1.54) is 7.11 Å². The van der Waals surface area contributed by atoms with Crippen molar-refractivity contribution in [2.24, 2.45) is 5.73 Å². The van der Waals surface area contributed by atoms with Gasteiger partial charge >= 0.3 is 5.97 Å². The van der Waals surface area contributed by atoms with E-state index >= 15 is 0 Å². The van der Waals surface area contributed by atoms with Gasteiger partial charge in [-0.1, -0.05) is 11.6 Å². The zero-order valence-corrected chi connectivity index (χ0v) is 16.1. The minimum atomic E-state index is -0.817. The molecule has 2 aromatic rings. The van der Waals surface area contributed by atoms with Gasteiger partial charge in [-0.15, -0.1) is 0 Å². The normalized spacial score (nSPS) is 17.0. The number of allylic oxidation sites excluding steroid dienone is 2. The number of aromatic nitrogens is 1. The van der Waals surface area contributed by atoms with Crippen molar-refractivity contribution in [3.8, 4) is 6.07 Å². The maximum Gasteiger partial charge on any atom is 0.338 e. The lowest BCUT2D eigenvalue weighted by atomic mass is 9.83. The summed E-state index contributed by atoms with van der Waals surface area (Å²) in [6.45, 7) is 5.59. The Bertz CT molecular complexity index is 1080. The molecule has 1 aromatic heterocycles. The second-order valence-electron chi connectivity index (χ2n) is 6.38. The third-order valence-corrected chi connectivity index (χ3v) is 5.04. The Balaban J connectivity index is 2.31. The fraction of sp³-hybridized carbons (Fsp3) is 0.250. The SMILES string of the molecule is COC(=O)C1=C(C)OC(N)=C(C#N)[C@@H]1c1cc2cc(C)c(C)cc2nc1Cl. The molecule has 2 heterocycles. The molecule has 7 heteroatoms. The van der Waals surface area contributed by atoms with Crippen LogP contribution in [0.4, 0.5) is 0 Å². The molecule has 2 N–H and O–H groups in total. The molecule has 3 rings (SSSR count). The highest BCUT2D eigenvalue weighted by Gasteiger charge is 2.37. The number of hydrogen-bond donors (Lipinski definition) is 1. The van der Waals surface area contributed by atoms with Gasteiger partial charge in [0.05, 0.1) is 24.1 Å². The monoisotopic (exact) mass is 383 g/mol. The molecule has 1 atom stereocenters. The van der Waals surface area contributed by atoms with Crippen LogP contribution in [0.5, 0.6) is 0 Å². The summed E-state index contributed by atoms with van der Waals surface area (Å²) in [4.78, 5) is 16.9. The van der Waals surface area contributed by atoms with E-state index in [-0.39, 0.29) is 27.9 Å². The first kappa shape index (κ1) is 18.7. The third-order valence-electron chi connectivity index (χ3n) is 4.73. The van der Waals surface area contributed by atoms with Crippen molar-refractivity contribution < 1.29 is 14.3 Å². The molecule has 0 aliphatic carbocycles. The molecule has 1 aliphatic rings. The lowest BCUT2D eigenvalue weighted by Crippen LogP contribution is -2.25. The van der Waals surface area contributed by atoms with E-state index in [9.17, 15) is 10.1 Å². The van der Waals surface area contributed by atoms with Crippen molar-refractivity contribution in [2.45, 2.75) is 26.7 Å². The molecule has 0 saturated carbocycles. The summed E-state index contributed by atoms with van der Waals surface area (Å²) in [5.41, 5.74) is 9.59. The number of ether oxygens (including phenoxy) is 2. The number of esters is 1. The third kappa shape index (κ3) is 3.11. The summed E-state index contributed by atoms with van der Waals surface area (Å²) in [6.07, 6.45) is 0. The molecular weight excluding hydrogens is 366 g/mol. The van der Waals surface area contributed by atoms with Crippen LogP contribution in [0.2, 0.25) is 5.15 Å². The number of methoxy groups -OCH3 is 1. The number of halogens is 1. The first-order valence-electron chi connectivity index (χ1n) is 8.22. The molecule has 138 valence electrons. The van der Waals surface area contributed by atoms with Gasteiger partial charge in [0.1, 0.15) is 22.6 Å². The highest BCUT2D eigenvalue weighted by Crippen LogP contribution is 2.42. The summed E-state index contributed by atoms with van der Waals surface area (Å²) >= 11 is 6.46. The predicted molar refractivity (Wildman–Crippen MR) is 102 cm³/mol. The molecular formula is C20H18ClN3O3. The largest absolute Gasteiger partial charge is 0.466 e. The molecule has 1 aromatic carbocycles. The molecule has 0 amide bonds. The van der Waals surface area contributed by atoms with E-state index < -0.39 is 11.9 Å². The van der Waals surface area contributed by atoms with Crippen molar-refractivity contribution in [1.82, 2.24) is 4.98 Å². The molecule has 0 fully saturated rings. The van der Waals surface area contributed by atoms with Gasteiger partial charge in [-0.2, -0.15) is 5.26 Å². The van der Waals surface area contributed by atoms with Gasteiger partial charge in [0.2, 0.25) is 5.88 Å². The number of nitrogens with two attached hydrogens (primary N) is 1. The zero-order chi connectivity index (χ0) is 19.9. The number of hydrogen-bond acceptors (Lipinski definition) is 6. The van der Waals surface area contributed by atoms with E-state index in [0.29, 0.717) is 5.56 Å². The summed E-state index contributed by atoms with van der Waals surface area (Å²) in [5.74, 6) is -1.24. The van der Waals surface area contributed by atoms with Crippen LogP contribution in [-0.2, 0) is 14.3 Å². The van der Waals surface area contributed by atoms with Crippen LogP contribution >= 0.6 is 11.6 Å². The van der Waals surface area contributed by atoms with E-state index in [0.717, 1.165) is 22.0 Å². The maximum atomic E-state index is 12.4. The number of rotatable bonds is 2. The number of carbonyl (C=O) groups excluding carboxylic acids is 1. The Hall–Kier alpha value is -3.04. The number of nitrogens with zero attached hydrogens (tertiary/aromatic N) is 2. The van der Waals surface area contributed by atoms with Gasteiger partial charge in [0.25, 0.3) is 0 Å². The Kier molecular flexibility index (Phi) is 4.81. The fourth-order valence-corrected chi connectivity index (χ4v) is 3.46. The number of fused-ring (bicyclic) bond motifs is 1. The Labute approximate surface area is 161 Å². The van der Waals surface area contributed by atoms with Crippen LogP contribution in [0.3, 0.4) is 0 Å². The highest BCUT2D eigenvalue weighted by atomic mass is 35.5. The molecule has 0 spiro atoms. The van der Waals surface area contributed by atoms with Crippen LogP contribution in [0.25, 0.3) is 10.9 Å². The summed E-state index contributed by atoms with van der Waals surface area (Å²) in [7, 11) is 1.26. The quantitative estimate of drug-likeness (QED) is 0.626. The van der Waals surface area contributed by atoms with Gasteiger partial charge in [-0.25, -0.2) is 9.78 Å². The van der Waals surface area contributed by atoms with Crippen molar-refractivity contribution >= 4 is 28.5 Å². The molecule has 0 saturated heterocycles. The van der Waals surface area contributed by atoms with Gasteiger partial charge in [-0.05, 0) is 50.1 Å². The minimum Gasteiger partial charge on any atom is -0.466 e. The first-order chi connectivity index (χ1) is 12.8. The second kappa shape index (κ2) is 6.93. The maximum absolute atomic E-state index is 12.4. The summed E-state index contributed by atoms with van der Waals surface area (Å²) < 4.78 is 10.3. The summed E-state index contributed by atoms with van der Waals surface area (Å²) in [6, 6.07) is 7.79. The topological polar surface area (TPSA) is 98.2 Å². The Morgan fingerprint density at radius 3 is 2.59 bits per heavy atom. The van der Waals surface area contributed by atoms with Crippen LogP contribution < -0.4 is 5.73 Å². The Morgan fingerprint density at radius 1 is 1.30 bits per heavy atom. The molecule has 0 radical (unpaired) electrons. The molecule has 1 aliphatic heterocycles. The van der Waals surface area contributed by atoms with Crippen LogP contribution in [0, 0.1) is 25.2 Å².